The Balaban J connectivity index is 0. The average molecular weight is 229 g/mol. The summed E-state index contributed by atoms with van der Waals surface area (Å²) in [5.41, 5.74) is 5.06. The lowest BCUT2D eigenvalue weighted by atomic mass is 9.80. The van der Waals surface area contributed by atoms with Crippen LogP contribution in [0.5, 0.6) is 0 Å². The molecule has 0 aromatic rings. The van der Waals surface area contributed by atoms with Crippen molar-refractivity contribution < 1.29 is 0 Å². The molecule has 1 heteroatoms. The lowest BCUT2D eigenvalue weighted by Gasteiger charge is -2.25. The van der Waals surface area contributed by atoms with Crippen LogP contribution in [0.1, 0.15) is 79.6 Å². The zero-order valence-electron chi connectivity index (χ0n) is 12.6. The lowest BCUT2D eigenvalue weighted by molar-refractivity contribution is 0.263. The molecule has 0 aliphatic heterocycles. The molecule has 100 valence electrons. The quantitative estimate of drug-likeness (QED) is 0.721. The Bertz CT molecular complexity index is 121. The van der Waals surface area contributed by atoms with Crippen LogP contribution in [0.2, 0.25) is 0 Å². The average Bonchev–Trinajstić information content (AvgIpc) is 2.18. The fraction of sp³-hybridized carbons (Fsp3) is 1.00. The van der Waals surface area contributed by atoms with Gasteiger partial charge in [-0.25, -0.2) is 0 Å². The third-order valence-electron chi connectivity index (χ3n) is 3.56. The van der Waals surface area contributed by atoms with Crippen molar-refractivity contribution in [3.05, 3.63) is 0 Å². The van der Waals surface area contributed by atoms with E-state index in [2.05, 4.69) is 40.4 Å². The highest BCUT2D eigenvalue weighted by Crippen LogP contribution is 2.29. The number of hydrogen-bond acceptors (Lipinski definition) is 1. The highest BCUT2D eigenvalue weighted by atomic mass is 14.4. The van der Waals surface area contributed by atoms with Gasteiger partial charge in [-0.2, -0.15) is 0 Å². The molecule has 0 spiro atoms. The SMILES string of the molecule is C1CCC1.CCC(C)CC(C)(C)CC.CN. The summed E-state index contributed by atoms with van der Waals surface area (Å²) in [6.07, 6.45) is 10.0. The van der Waals surface area contributed by atoms with Gasteiger partial charge >= 0.3 is 0 Å². The van der Waals surface area contributed by atoms with E-state index in [1.165, 1.54) is 52.0 Å². The van der Waals surface area contributed by atoms with Crippen LogP contribution in [0.4, 0.5) is 0 Å². The van der Waals surface area contributed by atoms with E-state index in [1.807, 2.05) is 0 Å². The van der Waals surface area contributed by atoms with E-state index in [4.69, 9.17) is 0 Å². The lowest BCUT2D eigenvalue weighted by Crippen LogP contribution is -2.13. The standard InChI is InChI=1S/C10H22.C4H8.CH5N/c1-6-9(3)8-10(4,5)7-2;1-2-4-3-1;1-2/h9H,6-8H2,1-5H3;1-4H2;2H2,1H3. The highest BCUT2D eigenvalue weighted by Gasteiger charge is 2.17. The molecule has 16 heavy (non-hydrogen) atoms. The highest BCUT2D eigenvalue weighted by molar-refractivity contribution is 4.68. The van der Waals surface area contributed by atoms with Crippen LogP contribution in [0.25, 0.3) is 0 Å². The first kappa shape index (κ1) is 18.3. The molecule has 1 fully saturated rings. The molecule has 1 aliphatic carbocycles. The summed E-state index contributed by atoms with van der Waals surface area (Å²) in [4.78, 5) is 0. The van der Waals surface area contributed by atoms with E-state index in [0.29, 0.717) is 5.41 Å². The van der Waals surface area contributed by atoms with Crippen molar-refractivity contribution in [2.45, 2.75) is 79.6 Å². The predicted octanol–water partition coefficient (Wildman–Crippen LogP) is 4.99. The van der Waals surface area contributed by atoms with Gasteiger partial charge in [-0.1, -0.05) is 73.1 Å². The van der Waals surface area contributed by atoms with Gasteiger partial charge in [0.05, 0.1) is 0 Å². The molecule has 1 rings (SSSR count). The maximum atomic E-state index is 4.50. The summed E-state index contributed by atoms with van der Waals surface area (Å²) in [6.45, 7) is 11.6. The minimum atomic E-state index is 0.565. The third-order valence-corrected chi connectivity index (χ3v) is 3.56. The van der Waals surface area contributed by atoms with Crippen molar-refractivity contribution in [2.75, 3.05) is 7.05 Å². The van der Waals surface area contributed by atoms with Gasteiger partial charge in [-0.15, -0.1) is 0 Å². The second kappa shape index (κ2) is 11.4. The van der Waals surface area contributed by atoms with Crippen molar-refractivity contribution in [2.24, 2.45) is 17.1 Å². The zero-order valence-corrected chi connectivity index (χ0v) is 12.6. The first-order chi connectivity index (χ1) is 7.52. The second-order valence-corrected chi connectivity index (χ2v) is 5.65. The van der Waals surface area contributed by atoms with Crippen molar-refractivity contribution in [1.82, 2.24) is 0 Å². The van der Waals surface area contributed by atoms with Crippen LogP contribution in [-0.4, -0.2) is 7.05 Å². The van der Waals surface area contributed by atoms with Crippen molar-refractivity contribution in [1.29, 1.82) is 0 Å². The molecule has 2 N–H and O–H groups in total. The predicted molar refractivity (Wildman–Crippen MR) is 76.7 cm³/mol. The smallest absolute Gasteiger partial charge is 0.0195 e. The summed E-state index contributed by atoms with van der Waals surface area (Å²) in [7, 11) is 1.50. The third kappa shape index (κ3) is 12.0. The van der Waals surface area contributed by atoms with Gasteiger partial charge in [0.15, 0.2) is 0 Å². The Morgan fingerprint density at radius 2 is 1.38 bits per heavy atom. The molecule has 1 unspecified atom stereocenters. The molecule has 1 nitrogen and oxygen atoms in total. The van der Waals surface area contributed by atoms with Crippen molar-refractivity contribution in [3.63, 3.8) is 0 Å². The van der Waals surface area contributed by atoms with Gasteiger partial charge in [0.25, 0.3) is 0 Å². The minimum absolute atomic E-state index is 0.565. The zero-order chi connectivity index (χ0) is 13.0. The molecular weight excluding hydrogens is 194 g/mol. The molecule has 0 aromatic heterocycles. The van der Waals surface area contributed by atoms with Crippen molar-refractivity contribution >= 4 is 0 Å². The molecule has 0 aromatic carbocycles. The Kier molecular flexibility index (Phi) is 13.1. The number of hydrogen-bond donors (Lipinski definition) is 1. The molecule has 1 saturated carbocycles. The van der Waals surface area contributed by atoms with Crippen LogP contribution >= 0.6 is 0 Å². The maximum absolute atomic E-state index is 4.50. The molecule has 0 saturated heterocycles. The number of rotatable bonds is 4. The molecule has 1 aliphatic rings. The van der Waals surface area contributed by atoms with Crippen LogP contribution in [0.15, 0.2) is 0 Å². The molecule has 0 radical (unpaired) electrons. The Morgan fingerprint density at radius 3 is 1.56 bits per heavy atom. The van der Waals surface area contributed by atoms with Gasteiger partial charge < -0.3 is 5.73 Å². The van der Waals surface area contributed by atoms with Crippen LogP contribution in [0, 0.1) is 11.3 Å². The summed E-state index contributed by atoms with van der Waals surface area (Å²) in [6, 6.07) is 0. The number of nitrogens with two attached hydrogens (primary N) is 1. The van der Waals surface area contributed by atoms with Gasteiger partial charge in [0, 0.05) is 0 Å². The van der Waals surface area contributed by atoms with Crippen LogP contribution in [-0.2, 0) is 0 Å². The second-order valence-electron chi connectivity index (χ2n) is 5.65. The van der Waals surface area contributed by atoms with E-state index >= 15 is 0 Å². The summed E-state index contributed by atoms with van der Waals surface area (Å²) >= 11 is 0. The van der Waals surface area contributed by atoms with Crippen LogP contribution < -0.4 is 5.73 Å². The Hall–Kier alpha value is -0.0400. The van der Waals surface area contributed by atoms with E-state index in [-0.39, 0.29) is 0 Å². The minimum Gasteiger partial charge on any atom is -0.333 e. The summed E-state index contributed by atoms with van der Waals surface area (Å²) in [5.74, 6) is 0.898. The Labute approximate surface area is 104 Å². The Morgan fingerprint density at radius 1 is 1.00 bits per heavy atom. The summed E-state index contributed by atoms with van der Waals surface area (Å²) < 4.78 is 0. The molecular formula is C15H35N. The summed E-state index contributed by atoms with van der Waals surface area (Å²) in [5, 5.41) is 0. The topological polar surface area (TPSA) is 26.0 Å². The monoisotopic (exact) mass is 229 g/mol. The maximum Gasteiger partial charge on any atom is -0.0195 e. The van der Waals surface area contributed by atoms with Gasteiger partial charge in [0.1, 0.15) is 0 Å². The molecule has 1 atom stereocenters. The molecule has 0 amide bonds. The normalized spacial score (nSPS) is 15.9. The van der Waals surface area contributed by atoms with Crippen LogP contribution in [0.3, 0.4) is 0 Å². The fourth-order valence-corrected chi connectivity index (χ4v) is 1.48. The van der Waals surface area contributed by atoms with Crippen molar-refractivity contribution in [3.8, 4) is 0 Å². The van der Waals surface area contributed by atoms with Gasteiger partial charge in [-0.05, 0) is 24.8 Å². The fourth-order valence-electron chi connectivity index (χ4n) is 1.48. The van der Waals surface area contributed by atoms with E-state index < -0.39 is 0 Å². The van der Waals surface area contributed by atoms with E-state index in [1.54, 1.807) is 0 Å². The first-order valence-electron chi connectivity index (χ1n) is 7.09. The van der Waals surface area contributed by atoms with E-state index in [9.17, 15) is 0 Å². The first-order valence-corrected chi connectivity index (χ1v) is 7.09. The van der Waals surface area contributed by atoms with E-state index in [0.717, 1.165) is 5.92 Å². The van der Waals surface area contributed by atoms with Gasteiger partial charge in [0.2, 0.25) is 0 Å². The molecule has 0 heterocycles. The largest absolute Gasteiger partial charge is 0.333 e. The van der Waals surface area contributed by atoms with Gasteiger partial charge in [-0.3, -0.25) is 0 Å². The molecule has 0 bridgehead atoms.